The lowest BCUT2D eigenvalue weighted by atomic mass is 10.1. The average Bonchev–Trinajstić information content (AvgIpc) is 3.14. The molecule has 3 aromatic rings. The maximum atomic E-state index is 12.2. The van der Waals surface area contributed by atoms with Gasteiger partial charge >= 0.3 is 0 Å². The van der Waals surface area contributed by atoms with Gasteiger partial charge in [-0.2, -0.15) is 5.10 Å². The first-order chi connectivity index (χ1) is 14.3. The lowest BCUT2D eigenvalue weighted by Gasteiger charge is -2.26. The van der Waals surface area contributed by atoms with E-state index in [2.05, 4.69) is 34.5 Å². The molecule has 0 bridgehead atoms. The first-order valence-corrected chi connectivity index (χ1v) is 10.4. The van der Waals surface area contributed by atoms with Crippen LogP contribution in [0.15, 0.2) is 54.6 Å². The molecular weight excluding hydrogens is 364 g/mol. The smallest absolute Gasteiger partial charge is 0.220 e. The molecule has 1 fully saturated rings. The number of nitrogens with zero attached hydrogens (tertiary/aromatic N) is 3. The summed E-state index contributed by atoms with van der Waals surface area (Å²) < 4.78 is 7.37. The number of carbonyl (C=O) groups is 1. The Balaban J connectivity index is 1.31. The summed E-state index contributed by atoms with van der Waals surface area (Å²) in [6, 6.07) is 18.5. The minimum absolute atomic E-state index is 0.109. The Morgan fingerprint density at radius 2 is 1.76 bits per heavy atom. The van der Waals surface area contributed by atoms with Gasteiger partial charge in [-0.3, -0.25) is 14.4 Å². The molecule has 1 amide bonds. The van der Waals surface area contributed by atoms with Crippen LogP contribution < -0.4 is 5.32 Å². The summed E-state index contributed by atoms with van der Waals surface area (Å²) in [5.74, 6) is 0.109. The van der Waals surface area contributed by atoms with E-state index in [1.54, 1.807) is 0 Å². The SMILES string of the molecule is O=C(CCCn1nc(-c2ccccc2)c2ccccc21)NCCN1CCOCC1. The number of fused-ring (bicyclic) bond motifs is 1. The van der Waals surface area contributed by atoms with Crippen LogP contribution in [-0.4, -0.2) is 60.0 Å². The zero-order chi connectivity index (χ0) is 19.9. The molecule has 0 spiro atoms. The fraction of sp³-hybridized carbons (Fsp3) is 0.391. The summed E-state index contributed by atoms with van der Waals surface area (Å²) in [6.45, 7) is 5.79. The summed E-state index contributed by atoms with van der Waals surface area (Å²) in [5.41, 5.74) is 3.22. The summed E-state index contributed by atoms with van der Waals surface area (Å²) in [4.78, 5) is 14.5. The lowest BCUT2D eigenvalue weighted by Crippen LogP contribution is -2.41. The van der Waals surface area contributed by atoms with Crippen molar-refractivity contribution < 1.29 is 9.53 Å². The number of benzene rings is 2. The molecule has 6 nitrogen and oxygen atoms in total. The van der Waals surface area contributed by atoms with Gasteiger partial charge in [0.25, 0.3) is 0 Å². The van der Waals surface area contributed by atoms with E-state index in [0.717, 1.165) is 68.0 Å². The third kappa shape index (κ3) is 5.02. The molecule has 152 valence electrons. The second-order valence-corrected chi connectivity index (χ2v) is 7.36. The molecule has 1 aromatic heterocycles. The predicted molar refractivity (Wildman–Crippen MR) is 115 cm³/mol. The van der Waals surface area contributed by atoms with Crippen LogP contribution in [0, 0.1) is 0 Å². The number of hydrogen-bond donors (Lipinski definition) is 1. The molecule has 4 rings (SSSR count). The van der Waals surface area contributed by atoms with Gasteiger partial charge in [0, 0.05) is 50.1 Å². The highest BCUT2D eigenvalue weighted by Gasteiger charge is 2.13. The fourth-order valence-corrected chi connectivity index (χ4v) is 3.76. The molecule has 0 saturated carbocycles. The average molecular weight is 393 g/mol. The number of aryl methyl sites for hydroxylation is 1. The van der Waals surface area contributed by atoms with Crippen molar-refractivity contribution in [1.29, 1.82) is 0 Å². The van der Waals surface area contributed by atoms with E-state index < -0.39 is 0 Å². The summed E-state index contributed by atoms with van der Waals surface area (Å²) in [6.07, 6.45) is 1.28. The molecule has 2 aromatic carbocycles. The van der Waals surface area contributed by atoms with Gasteiger partial charge in [0.15, 0.2) is 0 Å². The number of nitrogens with one attached hydrogen (secondary N) is 1. The van der Waals surface area contributed by atoms with Gasteiger partial charge < -0.3 is 10.1 Å². The van der Waals surface area contributed by atoms with Crippen molar-refractivity contribution in [2.45, 2.75) is 19.4 Å². The van der Waals surface area contributed by atoms with E-state index in [1.165, 1.54) is 0 Å². The maximum absolute atomic E-state index is 12.2. The zero-order valence-electron chi connectivity index (χ0n) is 16.7. The monoisotopic (exact) mass is 392 g/mol. The van der Waals surface area contributed by atoms with Crippen LogP contribution in [0.5, 0.6) is 0 Å². The number of amides is 1. The molecule has 0 unspecified atom stereocenters. The van der Waals surface area contributed by atoms with Gasteiger partial charge in [-0.25, -0.2) is 0 Å². The molecule has 1 saturated heterocycles. The van der Waals surface area contributed by atoms with Crippen LogP contribution in [0.1, 0.15) is 12.8 Å². The molecule has 1 N–H and O–H groups in total. The topological polar surface area (TPSA) is 59.4 Å². The number of para-hydroxylation sites is 1. The highest BCUT2D eigenvalue weighted by Crippen LogP contribution is 2.27. The van der Waals surface area contributed by atoms with Gasteiger partial charge in [-0.05, 0) is 12.5 Å². The summed E-state index contributed by atoms with van der Waals surface area (Å²) in [5, 5.41) is 9.03. The number of hydrogen-bond acceptors (Lipinski definition) is 4. The molecule has 6 heteroatoms. The van der Waals surface area contributed by atoms with Gasteiger partial charge in [-0.1, -0.05) is 48.5 Å². The van der Waals surface area contributed by atoms with Crippen molar-refractivity contribution in [1.82, 2.24) is 20.0 Å². The normalized spacial score (nSPS) is 14.9. The first-order valence-electron chi connectivity index (χ1n) is 10.4. The molecular formula is C23H28N4O2. The molecule has 0 radical (unpaired) electrons. The van der Waals surface area contributed by atoms with Gasteiger partial charge in [0.1, 0.15) is 5.69 Å². The standard InChI is InChI=1S/C23H28N4O2/c28-22(24-12-14-26-15-17-29-18-16-26)11-6-13-27-21-10-5-4-9-20(21)23(25-27)19-7-2-1-3-8-19/h1-5,7-10H,6,11-18H2,(H,24,28). The Hall–Kier alpha value is -2.70. The Labute approximate surface area is 171 Å². The molecule has 1 aliphatic heterocycles. The van der Waals surface area contributed by atoms with Crippen LogP contribution >= 0.6 is 0 Å². The minimum Gasteiger partial charge on any atom is -0.379 e. The number of morpholine rings is 1. The van der Waals surface area contributed by atoms with Crippen LogP contribution in [0.2, 0.25) is 0 Å². The van der Waals surface area contributed by atoms with Crippen molar-refractivity contribution in [3.8, 4) is 11.3 Å². The number of carbonyl (C=O) groups excluding carboxylic acids is 1. The van der Waals surface area contributed by atoms with Crippen molar-refractivity contribution >= 4 is 16.8 Å². The third-order valence-electron chi connectivity index (χ3n) is 5.33. The van der Waals surface area contributed by atoms with Gasteiger partial charge in [-0.15, -0.1) is 0 Å². The van der Waals surface area contributed by atoms with E-state index in [-0.39, 0.29) is 5.91 Å². The second kappa shape index (κ2) is 9.67. The van der Waals surface area contributed by atoms with Crippen LogP contribution in [0.4, 0.5) is 0 Å². The molecule has 2 heterocycles. The van der Waals surface area contributed by atoms with E-state index in [4.69, 9.17) is 9.84 Å². The zero-order valence-corrected chi connectivity index (χ0v) is 16.7. The largest absolute Gasteiger partial charge is 0.379 e. The van der Waals surface area contributed by atoms with Crippen molar-refractivity contribution in [2.24, 2.45) is 0 Å². The van der Waals surface area contributed by atoms with E-state index in [1.807, 2.05) is 35.0 Å². The minimum atomic E-state index is 0.109. The molecule has 29 heavy (non-hydrogen) atoms. The van der Waals surface area contributed by atoms with Crippen molar-refractivity contribution in [3.05, 3.63) is 54.6 Å². The van der Waals surface area contributed by atoms with E-state index in [9.17, 15) is 4.79 Å². The van der Waals surface area contributed by atoms with Crippen molar-refractivity contribution in [3.63, 3.8) is 0 Å². The van der Waals surface area contributed by atoms with Crippen LogP contribution in [0.3, 0.4) is 0 Å². The van der Waals surface area contributed by atoms with Gasteiger partial charge in [0.05, 0.1) is 18.7 Å². The third-order valence-corrected chi connectivity index (χ3v) is 5.33. The summed E-state index contributed by atoms with van der Waals surface area (Å²) in [7, 11) is 0. The first kappa shape index (κ1) is 19.6. The quantitative estimate of drug-likeness (QED) is 0.640. The maximum Gasteiger partial charge on any atom is 0.220 e. The van der Waals surface area contributed by atoms with Crippen LogP contribution in [-0.2, 0) is 16.1 Å². The van der Waals surface area contributed by atoms with Crippen LogP contribution in [0.25, 0.3) is 22.2 Å². The molecule has 1 aliphatic rings. The van der Waals surface area contributed by atoms with E-state index >= 15 is 0 Å². The second-order valence-electron chi connectivity index (χ2n) is 7.36. The molecule has 0 aliphatic carbocycles. The Bertz CT molecular complexity index is 932. The number of aromatic nitrogens is 2. The Kier molecular flexibility index (Phi) is 6.54. The number of rotatable bonds is 8. The summed E-state index contributed by atoms with van der Waals surface area (Å²) >= 11 is 0. The Morgan fingerprint density at radius 1 is 1.00 bits per heavy atom. The van der Waals surface area contributed by atoms with E-state index in [0.29, 0.717) is 13.0 Å². The van der Waals surface area contributed by atoms with Crippen molar-refractivity contribution in [2.75, 3.05) is 39.4 Å². The predicted octanol–water partition coefficient (Wildman–Crippen LogP) is 2.93. The molecule has 0 atom stereocenters. The number of ether oxygens (including phenoxy) is 1. The Morgan fingerprint density at radius 3 is 2.59 bits per heavy atom. The van der Waals surface area contributed by atoms with Gasteiger partial charge in [0.2, 0.25) is 5.91 Å². The highest BCUT2D eigenvalue weighted by atomic mass is 16.5. The highest BCUT2D eigenvalue weighted by molar-refractivity contribution is 5.93. The fourth-order valence-electron chi connectivity index (χ4n) is 3.76. The lowest BCUT2D eigenvalue weighted by molar-refractivity contribution is -0.121.